The molecule has 0 aliphatic carbocycles. The molecule has 3 rings (SSSR count). The smallest absolute Gasteiger partial charge is 0.224 e. The molecular weight excluding hydrogens is 270 g/mol. The summed E-state index contributed by atoms with van der Waals surface area (Å²) in [6, 6.07) is 7.73. The van der Waals surface area contributed by atoms with Gasteiger partial charge in [0.05, 0.1) is 5.52 Å². The highest BCUT2D eigenvalue weighted by atomic mass is 35.5. The van der Waals surface area contributed by atoms with Gasteiger partial charge in [-0.1, -0.05) is 18.2 Å². The van der Waals surface area contributed by atoms with Gasteiger partial charge in [0.25, 0.3) is 0 Å². The van der Waals surface area contributed by atoms with E-state index in [9.17, 15) is 0 Å². The second kappa shape index (κ2) is 4.55. The summed E-state index contributed by atoms with van der Waals surface area (Å²) in [6.07, 6.45) is 1.65. The Bertz CT molecular complexity index is 711. The summed E-state index contributed by atoms with van der Waals surface area (Å²) in [5.74, 6) is 0. The summed E-state index contributed by atoms with van der Waals surface area (Å²) in [6.45, 7) is 0. The molecule has 2 aromatic heterocycles. The molecule has 0 saturated carbocycles. The average molecular weight is 278 g/mol. The van der Waals surface area contributed by atoms with Crippen LogP contribution in [-0.4, -0.2) is 24.7 Å². The van der Waals surface area contributed by atoms with E-state index in [1.807, 2.05) is 35.9 Å². The Hall–Kier alpha value is -1.66. The third-order valence-corrected chi connectivity index (χ3v) is 3.62. The minimum absolute atomic E-state index is 0.235. The number of rotatable bonds is 2. The molecule has 0 saturated heterocycles. The molecule has 0 amide bonds. The molecule has 7 heteroatoms. The Morgan fingerprint density at radius 2 is 2.06 bits per heavy atom. The second-order valence-corrected chi connectivity index (χ2v) is 4.94. The SMILES string of the molecule is Cn1cnnc1Sc1nc(Cl)nc2ccccc12. The molecule has 18 heavy (non-hydrogen) atoms. The summed E-state index contributed by atoms with van der Waals surface area (Å²) in [5.41, 5.74) is 0.821. The lowest BCUT2D eigenvalue weighted by Gasteiger charge is -2.04. The van der Waals surface area contributed by atoms with Crippen molar-refractivity contribution in [2.75, 3.05) is 0 Å². The first-order valence-corrected chi connectivity index (χ1v) is 6.37. The summed E-state index contributed by atoms with van der Waals surface area (Å²) >= 11 is 7.34. The fourth-order valence-corrected chi connectivity index (χ4v) is 2.64. The Balaban J connectivity index is 2.14. The van der Waals surface area contributed by atoms with Crippen LogP contribution in [-0.2, 0) is 7.05 Å². The van der Waals surface area contributed by atoms with Crippen molar-refractivity contribution in [3.05, 3.63) is 35.9 Å². The number of benzene rings is 1. The van der Waals surface area contributed by atoms with Gasteiger partial charge in [-0.15, -0.1) is 10.2 Å². The minimum atomic E-state index is 0.235. The van der Waals surface area contributed by atoms with Crippen LogP contribution >= 0.6 is 23.4 Å². The molecule has 0 unspecified atom stereocenters. The van der Waals surface area contributed by atoms with Crippen LogP contribution in [0.4, 0.5) is 0 Å². The Kier molecular flexibility index (Phi) is 2.89. The number of hydrogen-bond acceptors (Lipinski definition) is 5. The van der Waals surface area contributed by atoms with Gasteiger partial charge < -0.3 is 4.57 Å². The lowest BCUT2D eigenvalue weighted by Crippen LogP contribution is -1.93. The van der Waals surface area contributed by atoms with Gasteiger partial charge in [-0.3, -0.25) is 0 Å². The van der Waals surface area contributed by atoms with Crippen LogP contribution < -0.4 is 0 Å². The van der Waals surface area contributed by atoms with Crippen LogP contribution in [0.25, 0.3) is 10.9 Å². The van der Waals surface area contributed by atoms with Gasteiger partial charge in [-0.25, -0.2) is 9.97 Å². The number of aryl methyl sites for hydroxylation is 1. The lowest BCUT2D eigenvalue weighted by atomic mass is 10.2. The number of aromatic nitrogens is 5. The zero-order chi connectivity index (χ0) is 12.5. The molecule has 0 aliphatic heterocycles. The molecule has 0 radical (unpaired) electrons. The van der Waals surface area contributed by atoms with E-state index in [1.54, 1.807) is 6.33 Å². The van der Waals surface area contributed by atoms with E-state index in [-0.39, 0.29) is 5.28 Å². The van der Waals surface area contributed by atoms with Crippen LogP contribution in [0.1, 0.15) is 0 Å². The molecule has 0 atom stereocenters. The summed E-state index contributed by atoms with van der Waals surface area (Å²) in [7, 11) is 1.88. The van der Waals surface area contributed by atoms with Crippen molar-refractivity contribution in [1.82, 2.24) is 24.7 Å². The zero-order valence-corrected chi connectivity index (χ0v) is 11.0. The third kappa shape index (κ3) is 2.04. The van der Waals surface area contributed by atoms with Gasteiger partial charge in [0.15, 0.2) is 5.16 Å². The molecule has 2 heterocycles. The highest BCUT2D eigenvalue weighted by Gasteiger charge is 2.10. The van der Waals surface area contributed by atoms with Crippen molar-refractivity contribution in [1.29, 1.82) is 0 Å². The van der Waals surface area contributed by atoms with Gasteiger partial charge >= 0.3 is 0 Å². The van der Waals surface area contributed by atoms with Crippen LogP contribution in [0.2, 0.25) is 5.28 Å². The lowest BCUT2D eigenvalue weighted by molar-refractivity contribution is 0.787. The first-order chi connectivity index (χ1) is 8.74. The molecule has 90 valence electrons. The van der Waals surface area contributed by atoms with Crippen molar-refractivity contribution in [2.24, 2.45) is 7.05 Å². The standard InChI is InChI=1S/C11H8ClN5S/c1-17-6-13-16-11(17)18-9-7-4-2-3-5-8(7)14-10(12)15-9/h2-6H,1H3. The fourth-order valence-electron chi connectivity index (χ4n) is 1.55. The maximum atomic E-state index is 5.93. The van der Waals surface area contributed by atoms with Crippen molar-refractivity contribution >= 4 is 34.3 Å². The summed E-state index contributed by atoms with van der Waals surface area (Å²) < 4.78 is 1.83. The minimum Gasteiger partial charge on any atom is -0.311 e. The number of halogens is 1. The molecule has 5 nitrogen and oxygen atoms in total. The van der Waals surface area contributed by atoms with Gasteiger partial charge in [0.2, 0.25) is 5.28 Å². The van der Waals surface area contributed by atoms with E-state index < -0.39 is 0 Å². The molecular formula is C11H8ClN5S. The molecule has 3 aromatic rings. The van der Waals surface area contributed by atoms with Gasteiger partial charge in [0, 0.05) is 12.4 Å². The van der Waals surface area contributed by atoms with Crippen molar-refractivity contribution < 1.29 is 0 Å². The Labute approximate surface area is 112 Å². The van der Waals surface area contributed by atoms with E-state index in [4.69, 9.17) is 11.6 Å². The topological polar surface area (TPSA) is 56.5 Å². The quantitative estimate of drug-likeness (QED) is 0.532. The van der Waals surface area contributed by atoms with E-state index in [0.717, 1.165) is 21.1 Å². The maximum absolute atomic E-state index is 5.93. The molecule has 0 spiro atoms. The molecule has 0 aliphatic rings. The molecule has 1 aromatic carbocycles. The average Bonchev–Trinajstić information content (AvgIpc) is 2.75. The van der Waals surface area contributed by atoms with E-state index >= 15 is 0 Å². The molecule has 0 N–H and O–H groups in total. The zero-order valence-electron chi connectivity index (χ0n) is 9.41. The summed E-state index contributed by atoms with van der Waals surface area (Å²) in [4.78, 5) is 8.44. The van der Waals surface area contributed by atoms with Gasteiger partial charge in [-0.2, -0.15) is 0 Å². The third-order valence-electron chi connectivity index (χ3n) is 2.40. The number of para-hydroxylation sites is 1. The van der Waals surface area contributed by atoms with Crippen LogP contribution in [0, 0.1) is 0 Å². The first-order valence-electron chi connectivity index (χ1n) is 5.18. The fraction of sp³-hybridized carbons (Fsp3) is 0.0909. The Morgan fingerprint density at radius 3 is 2.83 bits per heavy atom. The van der Waals surface area contributed by atoms with E-state index in [2.05, 4.69) is 20.2 Å². The Morgan fingerprint density at radius 1 is 1.22 bits per heavy atom. The monoisotopic (exact) mass is 277 g/mol. The van der Waals surface area contributed by atoms with Crippen LogP contribution in [0.15, 0.2) is 40.8 Å². The number of fused-ring (bicyclic) bond motifs is 1. The van der Waals surface area contributed by atoms with Crippen LogP contribution in [0.5, 0.6) is 0 Å². The molecule has 0 fully saturated rings. The van der Waals surface area contributed by atoms with Gasteiger partial charge in [0.1, 0.15) is 11.4 Å². The van der Waals surface area contributed by atoms with Crippen molar-refractivity contribution in [3.8, 4) is 0 Å². The first kappa shape index (κ1) is 11.4. The highest BCUT2D eigenvalue weighted by molar-refractivity contribution is 7.99. The van der Waals surface area contributed by atoms with Crippen LogP contribution in [0.3, 0.4) is 0 Å². The summed E-state index contributed by atoms with van der Waals surface area (Å²) in [5, 5.41) is 10.6. The van der Waals surface area contributed by atoms with E-state index in [1.165, 1.54) is 11.8 Å². The normalized spacial score (nSPS) is 11.0. The predicted molar refractivity (Wildman–Crippen MR) is 69.7 cm³/mol. The van der Waals surface area contributed by atoms with Crippen molar-refractivity contribution in [2.45, 2.75) is 10.2 Å². The van der Waals surface area contributed by atoms with Crippen molar-refractivity contribution in [3.63, 3.8) is 0 Å². The van der Waals surface area contributed by atoms with E-state index in [0.29, 0.717) is 0 Å². The maximum Gasteiger partial charge on any atom is 0.224 e. The second-order valence-electron chi connectivity index (χ2n) is 3.64. The van der Waals surface area contributed by atoms with Gasteiger partial charge in [-0.05, 0) is 29.4 Å². The highest BCUT2D eigenvalue weighted by Crippen LogP contribution is 2.30. The molecule has 0 bridgehead atoms. The predicted octanol–water partition coefficient (Wildman–Crippen LogP) is 2.56. The number of hydrogen-bond donors (Lipinski definition) is 0. The largest absolute Gasteiger partial charge is 0.311 e. The number of nitrogens with zero attached hydrogens (tertiary/aromatic N) is 5.